The Kier molecular flexibility index (Phi) is 11.0. The van der Waals surface area contributed by atoms with Crippen LogP contribution >= 0.6 is 0 Å². The number of carbonyl (C=O) groups is 4. The number of alkyl carbamates (subject to hydrolysis) is 1. The van der Waals surface area contributed by atoms with Crippen molar-refractivity contribution in [1.29, 1.82) is 0 Å². The first-order chi connectivity index (χ1) is 28.8. The fraction of sp³-hybridized carbons (Fsp3) is 0.422. The van der Waals surface area contributed by atoms with Gasteiger partial charge in [-0.05, 0) is 66.5 Å². The van der Waals surface area contributed by atoms with Gasteiger partial charge in [0.1, 0.15) is 35.2 Å². The summed E-state index contributed by atoms with van der Waals surface area (Å²) in [6, 6.07) is 14.6. The minimum atomic E-state index is -1.22. The molecule has 0 radical (unpaired) electrons. The van der Waals surface area contributed by atoms with Crippen LogP contribution < -0.4 is 15.4 Å². The van der Waals surface area contributed by atoms with Crippen molar-refractivity contribution in [3.63, 3.8) is 0 Å². The van der Waals surface area contributed by atoms with Crippen LogP contribution in [0.5, 0.6) is 11.5 Å². The molecule has 2 fully saturated rings. The Morgan fingerprint density at radius 1 is 0.783 bits per heavy atom. The van der Waals surface area contributed by atoms with E-state index in [4.69, 9.17) is 14.5 Å². The fourth-order valence-electron chi connectivity index (χ4n) is 9.10. The van der Waals surface area contributed by atoms with Gasteiger partial charge in [0.25, 0.3) is 0 Å². The van der Waals surface area contributed by atoms with E-state index < -0.39 is 24.3 Å². The van der Waals surface area contributed by atoms with Crippen LogP contribution in [0, 0.1) is 11.8 Å². The zero-order chi connectivity index (χ0) is 42.4. The van der Waals surface area contributed by atoms with Crippen molar-refractivity contribution in [1.82, 2.24) is 40.4 Å². The minimum absolute atomic E-state index is 0.0454. The van der Waals surface area contributed by atoms with E-state index in [-0.39, 0.29) is 41.7 Å². The molecule has 5 aromatic rings. The lowest BCUT2D eigenvalue weighted by Crippen LogP contribution is -2.51. The van der Waals surface area contributed by atoms with Gasteiger partial charge in [0.2, 0.25) is 11.8 Å². The number of carboxylic acid groups (broad SMARTS) is 1. The lowest BCUT2D eigenvalue weighted by Gasteiger charge is -2.30. The van der Waals surface area contributed by atoms with Gasteiger partial charge in [0, 0.05) is 41.3 Å². The summed E-state index contributed by atoms with van der Waals surface area (Å²) < 4.78 is 11.4. The fourth-order valence-corrected chi connectivity index (χ4v) is 9.10. The summed E-state index contributed by atoms with van der Waals surface area (Å²) in [7, 11) is 1.29. The lowest BCUT2D eigenvalue weighted by atomic mass is 9.85. The number of hydrogen-bond acceptors (Lipinski definition) is 8. The van der Waals surface area contributed by atoms with Crippen molar-refractivity contribution in [3.05, 3.63) is 83.7 Å². The summed E-state index contributed by atoms with van der Waals surface area (Å²) in [5.74, 6) is 2.29. The highest BCUT2D eigenvalue weighted by Crippen LogP contribution is 2.48. The van der Waals surface area contributed by atoms with E-state index in [0.717, 1.165) is 81.6 Å². The summed E-state index contributed by atoms with van der Waals surface area (Å²) in [6.45, 7) is 10.8. The number of methoxy groups -OCH3 is 1. The molecule has 3 aromatic carbocycles. The molecule has 2 aromatic heterocycles. The first-order valence-corrected chi connectivity index (χ1v) is 20.8. The number of rotatable bonds is 10. The van der Waals surface area contributed by atoms with E-state index in [1.54, 1.807) is 11.1 Å². The van der Waals surface area contributed by atoms with Gasteiger partial charge in [0.15, 0.2) is 0 Å². The Balaban J connectivity index is 0.992. The molecule has 0 saturated carbocycles. The first-order valence-electron chi connectivity index (χ1n) is 20.8. The van der Waals surface area contributed by atoms with Crippen LogP contribution in [0.4, 0.5) is 9.59 Å². The third-order valence-electron chi connectivity index (χ3n) is 12.3. The number of aromatic amines is 2. The molecule has 0 spiro atoms. The monoisotopic (exact) mass is 816 g/mol. The van der Waals surface area contributed by atoms with Crippen LogP contribution in [0.25, 0.3) is 33.3 Å². The van der Waals surface area contributed by atoms with Gasteiger partial charge >= 0.3 is 12.2 Å². The number of fused-ring (bicyclic) bond motifs is 4. The molecule has 3 unspecified atom stereocenters. The zero-order valence-corrected chi connectivity index (χ0v) is 34.7. The van der Waals surface area contributed by atoms with Crippen LogP contribution in [0.2, 0.25) is 0 Å². The predicted octanol–water partition coefficient (Wildman–Crippen LogP) is 7.88. The molecule has 15 heteroatoms. The van der Waals surface area contributed by atoms with Crippen LogP contribution in [-0.2, 0) is 14.3 Å². The standard InChI is InChI=1S/C45H52N8O7/c1-23(2)38(50-44(56)57)42(54)52-17-7-9-33(52)41-47-22-32(49-41)28-11-14-29-25(5)37-30-15-12-27(19-26(30)13-16-35(37)60-36(29)20-28)31-21-46-40(48-31)34-10-8-18-53(34)43(55)39(24(3)4)51-45(58)59-6/h11-16,19-25,33-34,38-39,50H,7-10,17-18H2,1-6H3,(H,46,48)(H,47,49)(H,51,58)(H,56,57)/t25?,33-,34-,38?,39?/m0/s1. The third kappa shape index (κ3) is 7.52. The molecule has 314 valence electrons. The van der Waals surface area contributed by atoms with Crippen molar-refractivity contribution in [2.75, 3.05) is 20.2 Å². The van der Waals surface area contributed by atoms with Gasteiger partial charge in [-0.1, -0.05) is 65.0 Å². The molecule has 4 amide bonds. The molecule has 5 N–H and O–H groups in total. The molecule has 3 aliphatic rings. The van der Waals surface area contributed by atoms with Crippen LogP contribution in [0.1, 0.15) is 101 Å². The second-order valence-corrected chi connectivity index (χ2v) is 16.8. The minimum Gasteiger partial charge on any atom is -0.465 e. The number of aromatic nitrogens is 4. The molecule has 8 rings (SSSR count). The van der Waals surface area contributed by atoms with E-state index >= 15 is 0 Å². The Labute approximate surface area is 348 Å². The number of amides is 4. The molecule has 60 heavy (non-hydrogen) atoms. The second kappa shape index (κ2) is 16.3. The Bertz CT molecular complexity index is 2460. The molecular formula is C45H52N8O7. The number of nitrogens with one attached hydrogen (secondary N) is 4. The molecular weight excluding hydrogens is 765 g/mol. The Morgan fingerprint density at radius 2 is 1.35 bits per heavy atom. The normalized spacial score (nSPS) is 19.5. The number of ether oxygens (including phenoxy) is 2. The van der Waals surface area contributed by atoms with Crippen LogP contribution in [0.3, 0.4) is 0 Å². The van der Waals surface area contributed by atoms with E-state index in [2.05, 4.69) is 68.9 Å². The van der Waals surface area contributed by atoms with Gasteiger partial charge in [0.05, 0.1) is 43.0 Å². The first kappa shape index (κ1) is 40.4. The highest BCUT2D eigenvalue weighted by molar-refractivity contribution is 5.93. The smallest absolute Gasteiger partial charge is 0.407 e. The van der Waals surface area contributed by atoms with Gasteiger partial charge < -0.3 is 45.0 Å². The Morgan fingerprint density at radius 3 is 1.92 bits per heavy atom. The number of H-pyrrole nitrogens is 2. The van der Waals surface area contributed by atoms with Crippen molar-refractivity contribution >= 4 is 34.8 Å². The summed E-state index contributed by atoms with van der Waals surface area (Å²) in [5, 5.41) is 16.6. The average molecular weight is 817 g/mol. The molecule has 5 heterocycles. The molecule has 5 atom stereocenters. The third-order valence-corrected chi connectivity index (χ3v) is 12.3. The quantitative estimate of drug-likeness (QED) is 0.0932. The molecule has 15 nitrogen and oxygen atoms in total. The highest BCUT2D eigenvalue weighted by atomic mass is 16.5. The van der Waals surface area contributed by atoms with Gasteiger partial charge in [-0.25, -0.2) is 19.6 Å². The van der Waals surface area contributed by atoms with E-state index in [1.165, 1.54) is 7.11 Å². The average Bonchev–Trinajstić information content (AvgIpc) is 4.07. The van der Waals surface area contributed by atoms with Crippen molar-refractivity contribution in [2.24, 2.45) is 11.8 Å². The maximum absolute atomic E-state index is 13.7. The van der Waals surface area contributed by atoms with E-state index in [9.17, 15) is 24.3 Å². The SMILES string of the molecule is COC(=O)NC(C(=O)N1CCC[C@H]1c1ncc(-c2ccc3c4c(ccc3c2)Oc2cc(-c3cnc([C@@H]5CCCN5C(=O)C(NC(=O)O)C(C)C)[nH]3)ccc2C4C)[nH]1)C(C)C. The van der Waals surface area contributed by atoms with Gasteiger partial charge in [-0.3, -0.25) is 9.59 Å². The number of hydrogen-bond donors (Lipinski definition) is 5. The maximum atomic E-state index is 13.7. The number of nitrogens with zero attached hydrogens (tertiary/aromatic N) is 4. The van der Waals surface area contributed by atoms with Gasteiger partial charge in [-0.2, -0.15) is 0 Å². The van der Waals surface area contributed by atoms with Crippen molar-refractivity contribution in [2.45, 2.75) is 90.4 Å². The molecule has 3 aliphatic heterocycles. The molecule has 2 saturated heterocycles. The number of likely N-dealkylation sites (tertiary alicyclic amines) is 2. The lowest BCUT2D eigenvalue weighted by molar-refractivity contribution is -0.136. The number of imidazole rings is 2. The van der Waals surface area contributed by atoms with Crippen molar-refractivity contribution < 1.29 is 33.8 Å². The van der Waals surface area contributed by atoms with Crippen molar-refractivity contribution in [3.8, 4) is 34.0 Å². The highest BCUT2D eigenvalue weighted by Gasteiger charge is 2.39. The number of benzene rings is 3. The Hall–Kier alpha value is -6.38. The summed E-state index contributed by atoms with van der Waals surface area (Å²) in [4.78, 5) is 70.5. The summed E-state index contributed by atoms with van der Waals surface area (Å²) in [5.41, 5.74) is 5.70. The second-order valence-electron chi connectivity index (χ2n) is 16.8. The van der Waals surface area contributed by atoms with Crippen LogP contribution in [-0.4, -0.2) is 91.1 Å². The van der Waals surface area contributed by atoms with Gasteiger partial charge in [-0.15, -0.1) is 0 Å². The maximum Gasteiger partial charge on any atom is 0.407 e. The number of carbonyl (C=O) groups excluding carboxylic acids is 3. The van der Waals surface area contributed by atoms with Crippen LogP contribution in [0.15, 0.2) is 60.9 Å². The van der Waals surface area contributed by atoms with E-state index in [1.807, 2.05) is 50.9 Å². The largest absolute Gasteiger partial charge is 0.465 e. The molecule has 0 aliphatic carbocycles. The topological polar surface area (TPSA) is 195 Å². The molecule has 0 bridgehead atoms. The summed E-state index contributed by atoms with van der Waals surface area (Å²) >= 11 is 0. The summed E-state index contributed by atoms with van der Waals surface area (Å²) in [6.07, 6.45) is 4.88. The predicted molar refractivity (Wildman–Crippen MR) is 224 cm³/mol. The zero-order valence-electron chi connectivity index (χ0n) is 34.7. The van der Waals surface area contributed by atoms with E-state index in [0.29, 0.717) is 24.7 Å².